The predicted molar refractivity (Wildman–Crippen MR) is 87.7 cm³/mol. The Labute approximate surface area is 138 Å². The van der Waals surface area contributed by atoms with Crippen LogP contribution in [0.4, 0.5) is 0 Å². The van der Waals surface area contributed by atoms with Crippen molar-refractivity contribution in [1.29, 1.82) is 0 Å². The van der Waals surface area contributed by atoms with E-state index in [0.29, 0.717) is 18.6 Å². The monoisotopic (exact) mass is 320 g/mol. The van der Waals surface area contributed by atoms with E-state index >= 15 is 0 Å². The molecule has 23 heavy (non-hydrogen) atoms. The largest absolute Gasteiger partial charge is 0.377 e. The molecule has 0 bridgehead atoms. The van der Waals surface area contributed by atoms with Gasteiger partial charge in [0.2, 0.25) is 5.91 Å². The SMILES string of the molecule is CC(C)n1ccc(CN2CCC([C@H]3OCC[C@@H]3C(N)=O)CC2)n1. The van der Waals surface area contributed by atoms with Crippen LogP contribution in [-0.2, 0) is 16.1 Å². The number of ether oxygens (including phenoxy) is 1. The van der Waals surface area contributed by atoms with Crippen molar-refractivity contribution in [3.05, 3.63) is 18.0 Å². The smallest absolute Gasteiger partial charge is 0.223 e. The number of nitrogens with two attached hydrogens (primary N) is 1. The summed E-state index contributed by atoms with van der Waals surface area (Å²) in [5.41, 5.74) is 6.64. The first kappa shape index (κ1) is 16.5. The zero-order valence-electron chi connectivity index (χ0n) is 14.1. The molecule has 1 amide bonds. The van der Waals surface area contributed by atoms with Gasteiger partial charge in [-0.2, -0.15) is 5.10 Å². The molecule has 6 nitrogen and oxygen atoms in total. The molecule has 2 saturated heterocycles. The quantitative estimate of drug-likeness (QED) is 0.893. The Kier molecular flexibility index (Phi) is 5.02. The molecule has 0 aromatic carbocycles. The number of carbonyl (C=O) groups excluding carboxylic acids is 1. The van der Waals surface area contributed by atoms with Gasteiger partial charge in [-0.25, -0.2) is 0 Å². The molecule has 0 radical (unpaired) electrons. The molecule has 2 fully saturated rings. The zero-order chi connectivity index (χ0) is 16.4. The minimum atomic E-state index is -0.200. The number of hydrogen-bond donors (Lipinski definition) is 1. The Morgan fingerprint density at radius 2 is 2.13 bits per heavy atom. The van der Waals surface area contributed by atoms with Gasteiger partial charge in [0.1, 0.15) is 0 Å². The minimum absolute atomic E-state index is 0.0369. The molecule has 0 unspecified atom stereocenters. The van der Waals surface area contributed by atoms with Crippen LogP contribution in [0, 0.1) is 11.8 Å². The number of likely N-dealkylation sites (tertiary alicyclic amines) is 1. The third-order valence-electron chi connectivity index (χ3n) is 5.18. The fourth-order valence-corrected chi connectivity index (χ4v) is 3.80. The molecular formula is C17H28N4O2. The van der Waals surface area contributed by atoms with Gasteiger partial charge >= 0.3 is 0 Å². The Morgan fingerprint density at radius 1 is 1.39 bits per heavy atom. The van der Waals surface area contributed by atoms with Crippen LogP contribution in [0.2, 0.25) is 0 Å². The second kappa shape index (κ2) is 7.01. The molecule has 2 aliphatic heterocycles. The lowest BCUT2D eigenvalue weighted by molar-refractivity contribution is -0.124. The summed E-state index contributed by atoms with van der Waals surface area (Å²) in [6.07, 6.45) is 5.01. The highest BCUT2D eigenvalue weighted by Gasteiger charge is 2.39. The molecule has 2 atom stereocenters. The highest BCUT2D eigenvalue weighted by molar-refractivity contribution is 5.77. The van der Waals surface area contributed by atoms with Crippen molar-refractivity contribution in [2.45, 2.75) is 51.8 Å². The van der Waals surface area contributed by atoms with Crippen molar-refractivity contribution in [3.63, 3.8) is 0 Å². The topological polar surface area (TPSA) is 73.4 Å². The van der Waals surface area contributed by atoms with E-state index in [9.17, 15) is 4.79 Å². The van der Waals surface area contributed by atoms with Crippen molar-refractivity contribution in [2.24, 2.45) is 17.6 Å². The van der Waals surface area contributed by atoms with Crippen LogP contribution in [0.5, 0.6) is 0 Å². The highest BCUT2D eigenvalue weighted by atomic mass is 16.5. The van der Waals surface area contributed by atoms with E-state index in [1.165, 1.54) is 0 Å². The lowest BCUT2D eigenvalue weighted by Crippen LogP contribution is -2.41. The normalized spacial score (nSPS) is 26.9. The molecular weight excluding hydrogens is 292 g/mol. The summed E-state index contributed by atoms with van der Waals surface area (Å²) in [7, 11) is 0. The van der Waals surface area contributed by atoms with Gasteiger partial charge in [0.05, 0.1) is 17.7 Å². The van der Waals surface area contributed by atoms with Crippen LogP contribution in [0.25, 0.3) is 0 Å². The fraction of sp³-hybridized carbons (Fsp3) is 0.765. The summed E-state index contributed by atoms with van der Waals surface area (Å²) in [4.78, 5) is 14.0. The Hall–Kier alpha value is -1.40. The molecule has 2 N–H and O–H groups in total. The molecule has 3 heterocycles. The van der Waals surface area contributed by atoms with Gasteiger partial charge in [0.15, 0.2) is 0 Å². The standard InChI is InChI=1S/C17H28N4O2/c1-12(2)21-9-5-14(19-21)11-20-7-3-13(4-8-20)16-15(17(18)22)6-10-23-16/h5,9,12-13,15-16H,3-4,6-8,10-11H2,1-2H3,(H2,18,22)/t15-,16+/m0/s1. The molecule has 0 saturated carbocycles. The van der Waals surface area contributed by atoms with Crippen LogP contribution in [0.3, 0.4) is 0 Å². The molecule has 6 heteroatoms. The first-order valence-corrected chi connectivity index (χ1v) is 8.72. The number of rotatable bonds is 5. The van der Waals surface area contributed by atoms with Gasteiger partial charge in [-0.05, 0) is 58.2 Å². The molecule has 0 spiro atoms. The predicted octanol–water partition coefficient (Wildman–Crippen LogP) is 1.57. The van der Waals surface area contributed by atoms with Gasteiger partial charge < -0.3 is 10.5 Å². The Morgan fingerprint density at radius 3 is 2.74 bits per heavy atom. The van der Waals surface area contributed by atoms with E-state index in [4.69, 9.17) is 10.5 Å². The van der Waals surface area contributed by atoms with Gasteiger partial charge in [-0.3, -0.25) is 14.4 Å². The number of aromatic nitrogens is 2. The minimum Gasteiger partial charge on any atom is -0.377 e. The van der Waals surface area contributed by atoms with E-state index in [-0.39, 0.29) is 17.9 Å². The van der Waals surface area contributed by atoms with Crippen LogP contribution in [-0.4, -0.2) is 46.4 Å². The van der Waals surface area contributed by atoms with E-state index in [0.717, 1.165) is 44.6 Å². The zero-order valence-corrected chi connectivity index (χ0v) is 14.1. The second-order valence-electron chi connectivity index (χ2n) is 7.13. The average molecular weight is 320 g/mol. The molecule has 128 valence electrons. The number of piperidine rings is 1. The first-order chi connectivity index (χ1) is 11.0. The van der Waals surface area contributed by atoms with Crippen LogP contribution >= 0.6 is 0 Å². The molecule has 1 aromatic rings. The van der Waals surface area contributed by atoms with Crippen molar-refractivity contribution in [2.75, 3.05) is 19.7 Å². The van der Waals surface area contributed by atoms with E-state index in [2.05, 4.69) is 36.1 Å². The maximum Gasteiger partial charge on any atom is 0.223 e. The number of carbonyl (C=O) groups is 1. The van der Waals surface area contributed by atoms with Gasteiger partial charge in [0.25, 0.3) is 0 Å². The number of amides is 1. The maximum absolute atomic E-state index is 11.5. The third kappa shape index (κ3) is 3.75. The van der Waals surface area contributed by atoms with Crippen molar-refractivity contribution in [3.8, 4) is 0 Å². The van der Waals surface area contributed by atoms with Crippen LogP contribution < -0.4 is 5.73 Å². The lowest BCUT2D eigenvalue weighted by atomic mass is 9.84. The summed E-state index contributed by atoms with van der Waals surface area (Å²) < 4.78 is 7.82. The van der Waals surface area contributed by atoms with Crippen molar-refractivity contribution < 1.29 is 9.53 Å². The summed E-state index contributed by atoms with van der Waals surface area (Å²) in [5.74, 6) is 0.168. The average Bonchev–Trinajstić information content (AvgIpc) is 3.17. The van der Waals surface area contributed by atoms with Gasteiger partial charge in [0, 0.05) is 25.4 Å². The van der Waals surface area contributed by atoms with E-state index < -0.39 is 0 Å². The van der Waals surface area contributed by atoms with E-state index in [1.807, 2.05) is 4.68 Å². The number of hydrogen-bond acceptors (Lipinski definition) is 4. The maximum atomic E-state index is 11.5. The van der Waals surface area contributed by atoms with Crippen LogP contribution in [0.15, 0.2) is 12.3 Å². The number of nitrogens with zero attached hydrogens (tertiary/aromatic N) is 3. The highest BCUT2D eigenvalue weighted by Crippen LogP contribution is 2.33. The first-order valence-electron chi connectivity index (χ1n) is 8.72. The fourth-order valence-electron chi connectivity index (χ4n) is 3.80. The van der Waals surface area contributed by atoms with Gasteiger partial charge in [-0.15, -0.1) is 0 Å². The molecule has 3 rings (SSSR count). The molecule has 0 aliphatic carbocycles. The van der Waals surface area contributed by atoms with Crippen molar-refractivity contribution >= 4 is 5.91 Å². The summed E-state index contributed by atoms with van der Waals surface area (Å²) in [6.45, 7) is 7.91. The van der Waals surface area contributed by atoms with Crippen LogP contribution in [0.1, 0.15) is 44.8 Å². The van der Waals surface area contributed by atoms with Gasteiger partial charge in [-0.1, -0.05) is 0 Å². The summed E-state index contributed by atoms with van der Waals surface area (Å²) in [5, 5.41) is 4.62. The summed E-state index contributed by atoms with van der Waals surface area (Å²) in [6, 6.07) is 2.51. The summed E-state index contributed by atoms with van der Waals surface area (Å²) >= 11 is 0. The molecule has 1 aromatic heterocycles. The molecule has 2 aliphatic rings. The van der Waals surface area contributed by atoms with Crippen molar-refractivity contribution in [1.82, 2.24) is 14.7 Å². The second-order valence-corrected chi connectivity index (χ2v) is 7.13. The Bertz CT molecular complexity index is 534. The Balaban J connectivity index is 1.51. The van der Waals surface area contributed by atoms with E-state index in [1.54, 1.807) is 0 Å². The third-order valence-corrected chi connectivity index (χ3v) is 5.18. The lowest BCUT2D eigenvalue weighted by Gasteiger charge is -2.35. The number of primary amides is 1.